The number of rotatable bonds is 7. The number of carbonyl (C=O) groups excluding carboxylic acids is 1. The summed E-state index contributed by atoms with van der Waals surface area (Å²) in [5, 5.41) is 17.6. The maximum atomic E-state index is 12.0. The van der Waals surface area contributed by atoms with Crippen molar-refractivity contribution >= 4 is 23.3 Å². The normalized spacial score (nSPS) is 20.2. The highest BCUT2D eigenvalue weighted by Gasteiger charge is 2.34. The van der Waals surface area contributed by atoms with Gasteiger partial charge >= 0.3 is 12.0 Å². The first-order valence-electron chi connectivity index (χ1n) is 8.64. The van der Waals surface area contributed by atoms with E-state index in [0.717, 1.165) is 23.5 Å². The van der Waals surface area contributed by atoms with Crippen LogP contribution in [0.5, 0.6) is 0 Å². The van der Waals surface area contributed by atoms with Crippen molar-refractivity contribution in [2.75, 3.05) is 13.1 Å². The van der Waals surface area contributed by atoms with Gasteiger partial charge in [-0.1, -0.05) is 27.7 Å². The molecule has 8 heteroatoms. The molecule has 1 heterocycles. The third-order valence-electron chi connectivity index (χ3n) is 4.43. The summed E-state index contributed by atoms with van der Waals surface area (Å²) >= 11 is 1.55. The number of carbonyl (C=O) groups is 2. The molecule has 3 N–H and O–H groups in total. The molecule has 0 saturated heterocycles. The van der Waals surface area contributed by atoms with Gasteiger partial charge in [-0.05, 0) is 19.4 Å². The molecule has 1 aliphatic carbocycles. The van der Waals surface area contributed by atoms with Crippen LogP contribution in [0.15, 0.2) is 5.38 Å². The molecule has 0 atom stereocenters. The van der Waals surface area contributed by atoms with Gasteiger partial charge in [0.15, 0.2) is 0 Å². The maximum absolute atomic E-state index is 12.0. The van der Waals surface area contributed by atoms with Crippen molar-refractivity contribution in [3.63, 3.8) is 0 Å². The standard InChI is InChI=1S/C17H28N4O3S/c1-5-21(9-15(22)23)12-6-11(7-12)19-16(24)18-8-14-20-13(10-25-14)17(2,3)4/h10-12H,5-9H2,1-4H3,(H,22,23)(H2,18,19,24). The second kappa shape index (κ2) is 8.14. The van der Waals surface area contributed by atoms with Crippen LogP contribution in [0.1, 0.15) is 51.2 Å². The fourth-order valence-corrected chi connectivity index (χ4v) is 3.77. The van der Waals surface area contributed by atoms with E-state index in [0.29, 0.717) is 13.1 Å². The van der Waals surface area contributed by atoms with Crippen LogP contribution in [0.3, 0.4) is 0 Å². The number of carboxylic acids is 1. The minimum Gasteiger partial charge on any atom is -0.480 e. The predicted octanol–water partition coefficient (Wildman–Crippen LogP) is 2.18. The molecule has 1 saturated carbocycles. The SMILES string of the molecule is CCN(CC(=O)O)C1CC(NC(=O)NCc2nc(C(C)(C)C)cs2)C1. The second-order valence-corrected chi connectivity index (χ2v) is 8.43. The monoisotopic (exact) mass is 368 g/mol. The van der Waals surface area contributed by atoms with Crippen LogP contribution in [0.4, 0.5) is 4.79 Å². The third-order valence-corrected chi connectivity index (χ3v) is 5.28. The van der Waals surface area contributed by atoms with E-state index in [2.05, 4.69) is 36.4 Å². The van der Waals surface area contributed by atoms with Gasteiger partial charge < -0.3 is 15.7 Å². The molecule has 1 aromatic heterocycles. The van der Waals surface area contributed by atoms with Gasteiger partial charge in [0.2, 0.25) is 0 Å². The lowest BCUT2D eigenvalue weighted by molar-refractivity contribution is -0.139. The number of aromatic nitrogens is 1. The van der Waals surface area contributed by atoms with Gasteiger partial charge in [-0.25, -0.2) is 9.78 Å². The zero-order valence-electron chi connectivity index (χ0n) is 15.3. The summed E-state index contributed by atoms with van der Waals surface area (Å²) in [4.78, 5) is 29.3. The van der Waals surface area contributed by atoms with Crippen molar-refractivity contribution in [1.82, 2.24) is 20.5 Å². The molecular formula is C17H28N4O3S. The molecule has 2 rings (SSSR count). The summed E-state index contributed by atoms with van der Waals surface area (Å²) in [5.41, 5.74) is 1.05. The number of nitrogens with one attached hydrogen (secondary N) is 2. The molecule has 0 aliphatic heterocycles. The van der Waals surface area contributed by atoms with Gasteiger partial charge in [-0.15, -0.1) is 11.3 Å². The average molecular weight is 369 g/mol. The lowest BCUT2D eigenvalue weighted by Crippen LogP contribution is -2.56. The number of thiazole rings is 1. The zero-order valence-corrected chi connectivity index (χ0v) is 16.2. The van der Waals surface area contributed by atoms with E-state index in [-0.39, 0.29) is 30.1 Å². The second-order valence-electron chi connectivity index (χ2n) is 7.48. The van der Waals surface area contributed by atoms with Gasteiger partial charge in [-0.2, -0.15) is 0 Å². The number of amides is 2. The van der Waals surface area contributed by atoms with Crippen molar-refractivity contribution in [1.29, 1.82) is 0 Å². The van der Waals surface area contributed by atoms with E-state index in [9.17, 15) is 9.59 Å². The number of urea groups is 1. The number of hydrogen-bond acceptors (Lipinski definition) is 5. The third kappa shape index (κ3) is 5.67. The van der Waals surface area contributed by atoms with Crippen LogP contribution in [0.2, 0.25) is 0 Å². The molecule has 1 fully saturated rings. The molecule has 7 nitrogen and oxygen atoms in total. The molecule has 25 heavy (non-hydrogen) atoms. The fourth-order valence-electron chi connectivity index (χ4n) is 2.81. The van der Waals surface area contributed by atoms with Gasteiger partial charge in [0.1, 0.15) is 5.01 Å². The van der Waals surface area contributed by atoms with Crippen LogP contribution in [0.25, 0.3) is 0 Å². The fraction of sp³-hybridized carbons (Fsp3) is 0.706. The van der Waals surface area contributed by atoms with Crippen molar-refractivity contribution in [3.8, 4) is 0 Å². The first-order chi connectivity index (χ1) is 11.7. The van der Waals surface area contributed by atoms with Gasteiger partial charge in [-0.3, -0.25) is 9.69 Å². The van der Waals surface area contributed by atoms with Crippen molar-refractivity contribution < 1.29 is 14.7 Å². The van der Waals surface area contributed by atoms with E-state index in [1.807, 2.05) is 17.2 Å². The van der Waals surface area contributed by atoms with E-state index in [1.165, 1.54) is 0 Å². The first-order valence-corrected chi connectivity index (χ1v) is 9.52. The molecule has 0 spiro atoms. The minimum atomic E-state index is -0.811. The Hall–Kier alpha value is -1.67. The quantitative estimate of drug-likeness (QED) is 0.686. The Morgan fingerprint density at radius 3 is 2.60 bits per heavy atom. The Balaban J connectivity index is 1.70. The Labute approximate surface area is 152 Å². The Kier molecular flexibility index (Phi) is 6.40. The number of likely N-dealkylation sites (N-methyl/N-ethyl adjacent to an activating group) is 1. The molecule has 0 unspecified atom stereocenters. The van der Waals surface area contributed by atoms with E-state index >= 15 is 0 Å². The largest absolute Gasteiger partial charge is 0.480 e. The Morgan fingerprint density at radius 1 is 1.40 bits per heavy atom. The van der Waals surface area contributed by atoms with Crippen LogP contribution < -0.4 is 10.6 Å². The molecular weight excluding hydrogens is 340 g/mol. The average Bonchev–Trinajstić information content (AvgIpc) is 2.95. The van der Waals surface area contributed by atoms with Crippen LogP contribution in [-0.2, 0) is 16.8 Å². The molecule has 2 amide bonds. The first kappa shape index (κ1) is 19.7. The Bertz CT molecular complexity index is 605. The minimum absolute atomic E-state index is 0.0130. The highest BCUT2D eigenvalue weighted by atomic mass is 32.1. The molecule has 140 valence electrons. The van der Waals surface area contributed by atoms with E-state index < -0.39 is 5.97 Å². The smallest absolute Gasteiger partial charge is 0.317 e. The van der Waals surface area contributed by atoms with Gasteiger partial charge in [0, 0.05) is 22.9 Å². The summed E-state index contributed by atoms with van der Waals surface area (Å²) in [6, 6.07) is 0.145. The van der Waals surface area contributed by atoms with E-state index in [4.69, 9.17) is 5.11 Å². The number of carboxylic acid groups (broad SMARTS) is 1. The van der Waals surface area contributed by atoms with Gasteiger partial charge in [0.25, 0.3) is 0 Å². The number of nitrogens with zero attached hydrogens (tertiary/aromatic N) is 2. The van der Waals surface area contributed by atoms with Crippen LogP contribution in [-0.4, -0.2) is 52.2 Å². The predicted molar refractivity (Wildman–Crippen MR) is 97.9 cm³/mol. The maximum Gasteiger partial charge on any atom is 0.317 e. The summed E-state index contributed by atoms with van der Waals surface area (Å²) in [6.07, 6.45) is 1.58. The van der Waals surface area contributed by atoms with Crippen LogP contribution >= 0.6 is 11.3 Å². The van der Waals surface area contributed by atoms with Crippen molar-refractivity contribution in [2.45, 2.75) is 64.6 Å². The summed E-state index contributed by atoms with van der Waals surface area (Å²) < 4.78 is 0. The van der Waals surface area contributed by atoms with E-state index in [1.54, 1.807) is 11.3 Å². The lowest BCUT2D eigenvalue weighted by Gasteiger charge is -2.42. The summed E-state index contributed by atoms with van der Waals surface area (Å²) in [6.45, 7) is 9.48. The highest BCUT2D eigenvalue weighted by Crippen LogP contribution is 2.26. The molecule has 0 aromatic carbocycles. The zero-order chi connectivity index (χ0) is 18.6. The summed E-state index contributed by atoms with van der Waals surface area (Å²) in [5.74, 6) is -0.811. The summed E-state index contributed by atoms with van der Waals surface area (Å²) in [7, 11) is 0. The Morgan fingerprint density at radius 2 is 2.08 bits per heavy atom. The number of hydrogen-bond donors (Lipinski definition) is 3. The molecule has 0 radical (unpaired) electrons. The van der Waals surface area contributed by atoms with Crippen molar-refractivity contribution in [2.24, 2.45) is 0 Å². The molecule has 0 bridgehead atoms. The van der Waals surface area contributed by atoms with Crippen molar-refractivity contribution in [3.05, 3.63) is 16.1 Å². The number of aliphatic carboxylic acids is 1. The molecule has 1 aromatic rings. The topological polar surface area (TPSA) is 94.6 Å². The highest BCUT2D eigenvalue weighted by molar-refractivity contribution is 7.09. The molecule has 1 aliphatic rings. The lowest BCUT2D eigenvalue weighted by atomic mass is 9.85. The van der Waals surface area contributed by atoms with Crippen LogP contribution in [0, 0.1) is 0 Å². The van der Waals surface area contributed by atoms with Gasteiger partial charge in [0.05, 0.1) is 18.8 Å².